The van der Waals surface area contributed by atoms with Crippen LogP contribution in [-0.2, 0) is 0 Å². The van der Waals surface area contributed by atoms with Crippen LogP contribution >= 0.6 is 0 Å². The van der Waals surface area contributed by atoms with E-state index in [1.807, 2.05) is 0 Å². The number of hydrogen-bond acceptors (Lipinski definition) is 4. The molecule has 0 unspecified atom stereocenters. The van der Waals surface area contributed by atoms with Crippen molar-refractivity contribution in [3.05, 3.63) is 53.6 Å². The maximum Gasteiger partial charge on any atom is 0.192 e. The summed E-state index contributed by atoms with van der Waals surface area (Å²) >= 11 is 0. The van der Waals surface area contributed by atoms with Crippen molar-refractivity contribution < 1.29 is 14.3 Å². The molecule has 0 aliphatic carbocycles. The summed E-state index contributed by atoms with van der Waals surface area (Å²) in [6, 6.07) is 7.45. The summed E-state index contributed by atoms with van der Waals surface area (Å²) in [5, 5.41) is 11.6. The number of nitrogens with two attached hydrogens (primary N) is 1. The van der Waals surface area contributed by atoms with Crippen LogP contribution in [0.1, 0.15) is 11.3 Å². The van der Waals surface area contributed by atoms with Gasteiger partial charge in [-0.2, -0.15) is 0 Å². The molecular weight excluding hydrogens is 249 g/mol. The SMILES string of the molecule is Cc1ccc(F)cc1Oc1cccnc1/C(N)=N/O. The highest BCUT2D eigenvalue weighted by Gasteiger charge is 2.11. The molecule has 5 nitrogen and oxygen atoms in total. The second kappa shape index (κ2) is 5.34. The monoisotopic (exact) mass is 261 g/mol. The first-order valence-electron chi connectivity index (χ1n) is 5.48. The second-order valence-electron chi connectivity index (χ2n) is 3.85. The summed E-state index contributed by atoms with van der Waals surface area (Å²) in [6.45, 7) is 1.79. The molecule has 98 valence electrons. The van der Waals surface area contributed by atoms with Gasteiger partial charge in [0.05, 0.1) is 0 Å². The molecule has 1 heterocycles. The molecule has 2 aromatic rings. The van der Waals surface area contributed by atoms with E-state index in [9.17, 15) is 4.39 Å². The van der Waals surface area contributed by atoms with Crippen molar-refractivity contribution in [1.29, 1.82) is 0 Å². The van der Waals surface area contributed by atoms with E-state index < -0.39 is 5.82 Å². The molecule has 0 radical (unpaired) electrons. The molecule has 0 saturated heterocycles. The summed E-state index contributed by atoms with van der Waals surface area (Å²) in [5.41, 5.74) is 6.45. The van der Waals surface area contributed by atoms with Gasteiger partial charge in [0.1, 0.15) is 11.6 Å². The number of amidine groups is 1. The Hall–Kier alpha value is -2.63. The fraction of sp³-hybridized carbons (Fsp3) is 0.0769. The number of ether oxygens (including phenoxy) is 1. The lowest BCUT2D eigenvalue weighted by atomic mass is 10.2. The Balaban J connectivity index is 2.41. The number of hydrogen-bond donors (Lipinski definition) is 2. The quantitative estimate of drug-likeness (QED) is 0.385. The van der Waals surface area contributed by atoms with Gasteiger partial charge in [0.2, 0.25) is 0 Å². The molecule has 1 aromatic carbocycles. The van der Waals surface area contributed by atoms with Crippen LogP contribution in [0.4, 0.5) is 4.39 Å². The van der Waals surface area contributed by atoms with E-state index in [4.69, 9.17) is 15.7 Å². The van der Waals surface area contributed by atoms with E-state index in [1.54, 1.807) is 25.1 Å². The average Bonchev–Trinajstić information content (AvgIpc) is 2.42. The third kappa shape index (κ3) is 2.79. The van der Waals surface area contributed by atoms with Crippen LogP contribution in [0.25, 0.3) is 0 Å². The molecule has 0 aliphatic rings. The summed E-state index contributed by atoms with van der Waals surface area (Å²) in [5.74, 6) is 0.0472. The Labute approximate surface area is 109 Å². The third-order valence-electron chi connectivity index (χ3n) is 2.49. The van der Waals surface area contributed by atoms with Gasteiger partial charge in [0, 0.05) is 12.3 Å². The van der Waals surface area contributed by atoms with Gasteiger partial charge in [-0.3, -0.25) is 0 Å². The van der Waals surface area contributed by atoms with Gasteiger partial charge in [-0.15, -0.1) is 0 Å². The van der Waals surface area contributed by atoms with Gasteiger partial charge in [0.15, 0.2) is 17.3 Å². The second-order valence-corrected chi connectivity index (χ2v) is 3.85. The van der Waals surface area contributed by atoms with Gasteiger partial charge >= 0.3 is 0 Å². The van der Waals surface area contributed by atoms with E-state index in [0.29, 0.717) is 5.75 Å². The molecule has 2 rings (SSSR count). The zero-order valence-corrected chi connectivity index (χ0v) is 10.2. The first-order chi connectivity index (χ1) is 9.11. The molecule has 1 aromatic heterocycles. The molecule has 0 aliphatic heterocycles. The van der Waals surface area contributed by atoms with Crippen molar-refractivity contribution in [3.8, 4) is 11.5 Å². The maximum absolute atomic E-state index is 13.2. The molecule has 0 bridgehead atoms. The number of nitrogens with zero attached hydrogens (tertiary/aromatic N) is 2. The molecule has 0 saturated carbocycles. The fourth-order valence-corrected chi connectivity index (χ4v) is 1.51. The highest BCUT2D eigenvalue weighted by atomic mass is 19.1. The normalized spacial score (nSPS) is 11.4. The van der Waals surface area contributed by atoms with Crippen molar-refractivity contribution in [2.45, 2.75) is 6.92 Å². The number of aromatic nitrogens is 1. The lowest BCUT2D eigenvalue weighted by Gasteiger charge is -2.11. The molecule has 0 amide bonds. The van der Waals surface area contributed by atoms with Gasteiger partial charge in [0.25, 0.3) is 0 Å². The molecule has 0 fully saturated rings. The summed E-state index contributed by atoms with van der Waals surface area (Å²) in [7, 11) is 0. The topological polar surface area (TPSA) is 80.7 Å². The lowest BCUT2D eigenvalue weighted by molar-refractivity contribution is 0.318. The molecular formula is C13H12FN3O2. The predicted molar refractivity (Wildman–Crippen MR) is 68.0 cm³/mol. The zero-order chi connectivity index (χ0) is 13.8. The van der Waals surface area contributed by atoms with Crippen molar-refractivity contribution in [2.75, 3.05) is 0 Å². The average molecular weight is 261 g/mol. The Morgan fingerprint density at radius 2 is 2.16 bits per heavy atom. The smallest absolute Gasteiger partial charge is 0.192 e. The third-order valence-corrected chi connectivity index (χ3v) is 2.49. The van der Waals surface area contributed by atoms with Crippen LogP contribution in [0, 0.1) is 12.7 Å². The minimum absolute atomic E-state index is 0.176. The minimum Gasteiger partial charge on any atom is -0.455 e. The Bertz CT molecular complexity index is 629. The molecule has 6 heteroatoms. The number of benzene rings is 1. The van der Waals surface area contributed by atoms with E-state index in [1.165, 1.54) is 18.3 Å². The van der Waals surface area contributed by atoms with Crippen LogP contribution < -0.4 is 10.5 Å². The van der Waals surface area contributed by atoms with Crippen molar-refractivity contribution in [1.82, 2.24) is 4.98 Å². The van der Waals surface area contributed by atoms with Crippen LogP contribution in [0.2, 0.25) is 0 Å². The van der Waals surface area contributed by atoms with Crippen LogP contribution in [0.3, 0.4) is 0 Å². The van der Waals surface area contributed by atoms with Crippen molar-refractivity contribution in [3.63, 3.8) is 0 Å². The Morgan fingerprint density at radius 1 is 1.37 bits per heavy atom. The van der Waals surface area contributed by atoms with E-state index in [-0.39, 0.29) is 17.3 Å². The number of aryl methyl sites for hydroxylation is 1. The van der Waals surface area contributed by atoms with Gasteiger partial charge in [-0.05, 0) is 30.7 Å². The molecule has 0 atom stereocenters. The molecule has 0 spiro atoms. The molecule has 19 heavy (non-hydrogen) atoms. The van der Waals surface area contributed by atoms with E-state index in [0.717, 1.165) is 5.56 Å². The minimum atomic E-state index is -0.408. The van der Waals surface area contributed by atoms with Crippen molar-refractivity contribution in [2.24, 2.45) is 10.9 Å². The number of rotatable bonds is 3. The summed E-state index contributed by atoms with van der Waals surface area (Å²) in [4.78, 5) is 3.96. The number of oxime groups is 1. The van der Waals surface area contributed by atoms with E-state index in [2.05, 4.69) is 10.1 Å². The highest BCUT2D eigenvalue weighted by molar-refractivity contribution is 5.97. The highest BCUT2D eigenvalue weighted by Crippen LogP contribution is 2.27. The summed E-state index contributed by atoms with van der Waals surface area (Å²) in [6.07, 6.45) is 1.48. The Kier molecular flexibility index (Phi) is 3.61. The van der Waals surface area contributed by atoms with Gasteiger partial charge < -0.3 is 15.7 Å². The zero-order valence-electron chi connectivity index (χ0n) is 10.2. The summed E-state index contributed by atoms with van der Waals surface area (Å²) < 4.78 is 18.8. The number of halogens is 1. The van der Waals surface area contributed by atoms with Crippen LogP contribution in [0.15, 0.2) is 41.7 Å². The first-order valence-corrected chi connectivity index (χ1v) is 5.48. The van der Waals surface area contributed by atoms with Crippen LogP contribution in [-0.4, -0.2) is 16.0 Å². The predicted octanol–water partition coefficient (Wildman–Crippen LogP) is 2.42. The Morgan fingerprint density at radius 3 is 2.89 bits per heavy atom. The fourth-order valence-electron chi connectivity index (χ4n) is 1.51. The van der Waals surface area contributed by atoms with Crippen LogP contribution in [0.5, 0.6) is 11.5 Å². The standard InChI is InChI=1S/C13H12FN3O2/c1-8-4-5-9(14)7-11(8)19-10-3-2-6-16-12(10)13(15)17-18/h2-7,18H,1H3,(H2,15,17). The first kappa shape index (κ1) is 12.8. The maximum atomic E-state index is 13.2. The van der Waals surface area contributed by atoms with E-state index >= 15 is 0 Å². The molecule has 3 N–H and O–H groups in total. The van der Waals surface area contributed by atoms with Crippen molar-refractivity contribution >= 4 is 5.84 Å². The number of pyridine rings is 1. The van der Waals surface area contributed by atoms with Gasteiger partial charge in [-0.1, -0.05) is 11.2 Å². The lowest BCUT2D eigenvalue weighted by Crippen LogP contribution is -2.16. The largest absolute Gasteiger partial charge is 0.455 e. The van der Waals surface area contributed by atoms with Gasteiger partial charge in [-0.25, -0.2) is 9.37 Å².